The molecule has 0 unspecified atom stereocenters. The summed E-state index contributed by atoms with van der Waals surface area (Å²) >= 11 is 0. The molecule has 0 spiro atoms. The Labute approximate surface area is 89.0 Å². The van der Waals surface area contributed by atoms with Crippen molar-refractivity contribution in [2.75, 3.05) is 6.54 Å². The summed E-state index contributed by atoms with van der Waals surface area (Å²) in [6.45, 7) is 1.13. The molecule has 1 aromatic rings. The van der Waals surface area contributed by atoms with E-state index in [4.69, 9.17) is 5.73 Å². The topological polar surface area (TPSA) is 80.0 Å². The first-order valence-corrected chi connectivity index (χ1v) is 4.93. The van der Waals surface area contributed by atoms with Gasteiger partial charge in [-0.25, -0.2) is 5.43 Å². The van der Waals surface area contributed by atoms with Crippen LogP contribution in [-0.2, 0) is 11.3 Å². The molecule has 4 N–H and O–H groups in total. The Kier molecular flexibility index (Phi) is 5.35. The molecule has 0 aliphatic carbocycles. The molecular weight excluding hydrogens is 192 g/mol. The van der Waals surface area contributed by atoms with E-state index in [1.165, 1.54) is 0 Å². The number of hydrogen-bond donors (Lipinski definition) is 3. The zero-order valence-electron chi connectivity index (χ0n) is 8.57. The molecule has 0 aliphatic rings. The number of carbonyl (C=O) groups is 1. The van der Waals surface area contributed by atoms with Gasteiger partial charge in [0.1, 0.15) is 0 Å². The van der Waals surface area contributed by atoms with Crippen LogP contribution < -0.4 is 16.6 Å². The van der Waals surface area contributed by atoms with Crippen molar-refractivity contribution >= 4 is 5.91 Å². The number of rotatable bonds is 6. The molecule has 5 nitrogen and oxygen atoms in total. The van der Waals surface area contributed by atoms with Gasteiger partial charge in [0.2, 0.25) is 5.91 Å². The first kappa shape index (κ1) is 11.6. The Balaban J connectivity index is 2.14. The summed E-state index contributed by atoms with van der Waals surface area (Å²) in [7, 11) is 0. The minimum absolute atomic E-state index is 0.0329. The van der Waals surface area contributed by atoms with E-state index >= 15 is 0 Å². The van der Waals surface area contributed by atoms with Gasteiger partial charge in [0.05, 0.1) is 0 Å². The zero-order valence-corrected chi connectivity index (χ0v) is 8.57. The highest BCUT2D eigenvalue weighted by molar-refractivity contribution is 5.75. The lowest BCUT2D eigenvalue weighted by atomic mass is 10.3. The molecule has 0 bridgehead atoms. The predicted molar refractivity (Wildman–Crippen MR) is 57.5 cm³/mol. The second-order valence-corrected chi connectivity index (χ2v) is 3.15. The average molecular weight is 208 g/mol. The number of nitrogens with one attached hydrogen (secondary N) is 2. The van der Waals surface area contributed by atoms with Crippen molar-refractivity contribution in [3.63, 3.8) is 0 Å². The molecule has 0 radical (unpaired) electrons. The van der Waals surface area contributed by atoms with E-state index < -0.39 is 0 Å². The van der Waals surface area contributed by atoms with Gasteiger partial charge < -0.3 is 5.73 Å². The quantitative estimate of drug-likeness (QED) is 0.572. The van der Waals surface area contributed by atoms with E-state index in [2.05, 4.69) is 15.8 Å². The van der Waals surface area contributed by atoms with Crippen molar-refractivity contribution in [1.82, 2.24) is 15.8 Å². The molecule has 5 heteroatoms. The summed E-state index contributed by atoms with van der Waals surface area (Å²) in [4.78, 5) is 15.1. The zero-order chi connectivity index (χ0) is 10.9. The third-order valence-electron chi connectivity index (χ3n) is 1.88. The third-order valence-corrected chi connectivity index (χ3v) is 1.88. The van der Waals surface area contributed by atoms with Gasteiger partial charge in [0, 0.05) is 25.4 Å². The van der Waals surface area contributed by atoms with Crippen molar-refractivity contribution in [1.29, 1.82) is 0 Å². The maximum absolute atomic E-state index is 11.2. The Morgan fingerprint density at radius 2 is 2.13 bits per heavy atom. The van der Waals surface area contributed by atoms with E-state index in [9.17, 15) is 4.79 Å². The lowest BCUT2D eigenvalue weighted by molar-refractivity contribution is -0.122. The SMILES string of the molecule is NCCCC(=O)NNCc1ccncc1. The number of nitrogens with zero attached hydrogens (tertiary/aromatic N) is 1. The highest BCUT2D eigenvalue weighted by Crippen LogP contribution is 1.93. The minimum Gasteiger partial charge on any atom is -0.330 e. The van der Waals surface area contributed by atoms with Crippen molar-refractivity contribution in [3.05, 3.63) is 30.1 Å². The maximum atomic E-state index is 11.2. The molecule has 1 heterocycles. The maximum Gasteiger partial charge on any atom is 0.234 e. The van der Waals surface area contributed by atoms with Gasteiger partial charge in [0.25, 0.3) is 0 Å². The van der Waals surface area contributed by atoms with Crippen molar-refractivity contribution in [2.24, 2.45) is 5.73 Å². The highest BCUT2D eigenvalue weighted by atomic mass is 16.2. The van der Waals surface area contributed by atoms with E-state index in [-0.39, 0.29) is 5.91 Å². The number of hydrogen-bond acceptors (Lipinski definition) is 4. The van der Waals surface area contributed by atoms with Crippen LogP contribution in [0.3, 0.4) is 0 Å². The van der Waals surface area contributed by atoms with Gasteiger partial charge >= 0.3 is 0 Å². The number of nitrogens with two attached hydrogens (primary N) is 1. The van der Waals surface area contributed by atoms with Crippen LogP contribution in [0.25, 0.3) is 0 Å². The first-order valence-electron chi connectivity index (χ1n) is 4.93. The monoisotopic (exact) mass is 208 g/mol. The Bertz CT molecular complexity index is 289. The van der Waals surface area contributed by atoms with Crippen LogP contribution in [0.1, 0.15) is 18.4 Å². The molecule has 0 aliphatic heterocycles. The second-order valence-electron chi connectivity index (χ2n) is 3.15. The fourth-order valence-electron chi connectivity index (χ4n) is 1.07. The molecule has 82 valence electrons. The summed E-state index contributed by atoms with van der Waals surface area (Å²) in [5.41, 5.74) is 11.8. The second kappa shape index (κ2) is 6.92. The standard InChI is InChI=1S/C10H16N4O/c11-5-1-2-10(15)14-13-8-9-3-6-12-7-4-9/h3-4,6-7,13H,1-2,5,8,11H2,(H,14,15). The molecule has 1 aromatic heterocycles. The van der Waals surface area contributed by atoms with Crippen molar-refractivity contribution in [3.8, 4) is 0 Å². The fourth-order valence-corrected chi connectivity index (χ4v) is 1.07. The smallest absolute Gasteiger partial charge is 0.234 e. The van der Waals surface area contributed by atoms with E-state index in [0.717, 1.165) is 5.56 Å². The lowest BCUT2D eigenvalue weighted by Gasteiger charge is -2.06. The predicted octanol–water partition coefficient (Wildman–Crippen LogP) is -0.0587. The average Bonchev–Trinajstić information content (AvgIpc) is 2.28. The molecule has 0 atom stereocenters. The van der Waals surface area contributed by atoms with Gasteiger partial charge in [0.15, 0.2) is 0 Å². The van der Waals surface area contributed by atoms with Crippen LogP contribution in [0.4, 0.5) is 0 Å². The summed E-state index contributed by atoms with van der Waals surface area (Å²) in [5, 5.41) is 0. The van der Waals surface area contributed by atoms with Gasteiger partial charge in [-0.1, -0.05) is 0 Å². The molecule has 0 saturated carbocycles. The normalized spacial score (nSPS) is 9.93. The number of pyridine rings is 1. The van der Waals surface area contributed by atoms with Gasteiger partial charge in [-0.05, 0) is 30.7 Å². The van der Waals surface area contributed by atoms with Crippen LogP contribution in [0.2, 0.25) is 0 Å². The molecular formula is C10H16N4O. The van der Waals surface area contributed by atoms with Crippen molar-refractivity contribution in [2.45, 2.75) is 19.4 Å². The molecule has 15 heavy (non-hydrogen) atoms. The number of carbonyl (C=O) groups excluding carboxylic acids is 1. The molecule has 0 fully saturated rings. The van der Waals surface area contributed by atoms with Crippen LogP contribution in [0.15, 0.2) is 24.5 Å². The van der Waals surface area contributed by atoms with Crippen LogP contribution in [0.5, 0.6) is 0 Å². The largest absolute Gasteiger partial charge is 0.330 e. The van der Waals surface area contributed by atoms with Crippen LogP contribution in [-0.4, -0.2) is 17.4 Å². The molecule has 1 rings (SSSR count). The summed E-state index contributed by atoms with van der Waals surface area (Å²) in [5.74, 6) is -0.0329. The molecule has 0 aromatic carbocycles. The fraction of sp³-hybridized carbons (Fsp3) is 0.400. The highest BCUT2D eigenvalue weighted by Gasteiger charge is 1.98. The Hall–Kier alpha value is -1.46. The summed E-state index contributed by atoms with van der Waals surface area (Å²) in [6, 6.07) is 3.78. The lowest BCUT2D eigenvalue weighted by Crippen LogP contribution is -2.36. The summed E-state index contributed by atoms with van der Waals surface area (Å²) in [6.07, 6.45) is 4.60. The van der Waals surface area contributed by atoms with E-state index in [1.54, 1.807) is 12.4 Å². The van der Waals surface area contributed by atoms with Crippen molar-refractivity contribution < 1.29 is 4.79 Å². The molecule has 1 amide bonds. The van der Waals surface area contributed by atoms with Crippen LogP contribution in [0, 0.1) is 0 Å². The number of aromatic nitrogens is 1. The van der Waals surface area contributed by atoms with E-state index in [0.29, 0.717) is 25.9 Å². The first-order chi connectivity index (χ1) is 7.33. The third kappa shape index (κ3) is 5.09. The minimum atomic E-state index is -0.0329. The Morgan fingerprint density at radius 3 is 2.80 bits per heavy atom. The van der Waals surface area contributed by atoms with Gasteiger partial charge in [-0.15, -0.1) is 0 Å². The van der Waals surface area contributed by atoms with Gasteiger partial charge in [-0.2, -0.15) is 0 Å². The number of hydrazine groups is 1. The summed E-state index contributed by atoms with van der Waals surface area (Å²) < 4.78 is 0. The van der Waals surface area contributed by atoms with Gasteiger partial charge in [-0.3, -0.25) is 15.2 Å². The number of amides is 1. The Morgan fingerprint density at radius 1 is 1.40 bits per heavy atom. The molecule has 0 saturated heterocycles. The van der Waals surface area contributed by atoms with Crippen LogP contribution >= 0.6 is 0 Å². The van der Waals surface area contributed by atoms with E-state index in [1.807, 2.05) is 12.1 Å².